The Labute approximate surface area is 190 Å². The minimum atomic E-state index is -0.689. The number of fused-ring (bicyclic) bond motifs is 1. The highest BCUT2D eigenvalue weighted by Gasteiger charge is 2.22. The number of hydrogen-bond donors (Lipinski definition) is 1. The van der Waals surface area contributed by atoms with Crippen LogP contribution in [0.2, 0.25) is 0 Å². The molecule has 4 aromatic rings. The van der Waals surface area contributed by atoms with Crippen LogP contribution < -0.4 is 4.74 Å². The van der Waals surface area contributed by atoms with E-state index in [2.05, 4.69) is 4.98 Å². The van der Waals surface area contributed by atoms with Gasteiger partial charge in [0, 0.05) is 19.2 Å². The summed E-state index contributed by atoms with van der Waals surface area (Å²) in [6.07, 6.45) is 2.44. The van der Waals surface area contributed by atoms with E-state index in [0.717, 1.165) is 5.56 Å². The van der Waals surface area contributed by atoms with Crippen LogP contribution in [-0.2, 0) is 13.0 Å². The first kappa shape index (κ1) is 22.6. The van der Waals surface area contributed by atoms with Crippen molar-refractivity contribution in [2.75, 3.05) is 6.61 Å². The molecular weight excluding hydrogens is 426 g/mol. The lowest BCUT2D eigenvalue weighted by Gasteiger charge is -2.14. The second-order valence-corrected chi connectivity index (χ2v) is 7.97. The van der Waals surface area contributed by atoms with Gasteiger partial charge in [-0.1, -0.05) is 36.4 Å². The number of halogens is 2. The van der Waals surface area contributed by atoms with E-state index in [1.165, 1.54) is 18.2 Å². The Morgan fingerprint density at radius 2 is 1.79 bits per heavy atom. The van der Waals surface area contributed by atoms with Crippen LogP contribution in [0, 0.1) is 24.5 Å². The van der Waals surface area contributed by atoms with Crippen LogP contribution in [0.5, 0.6) is 5.75 Å². The summed E-state index contributed by atoms with van der Waals surface area (Å²) in [5, 5.41) is 9.83. The van der Waals surface area contributed by atoms with E-state index >= 15 is 0 Å². The molecule has 2 aromatic carbocycles. The zero-order valence-electron chi connectivity index (χ0n) is 18.2. The highest BCUT2D eigenvalue weighted by atomic mass is 19.1. The molecule has 7 heteroatoms. The average Bonchev–Trinajstić information content (AvgIpc) is 3.15. The van der Waals surface area contributed by atoms with Gasteiger partial charge in [-0.25, -0.2) is 13.8 Å². The average molecular weight is 450 g/mol. The van der Waals surface area contributed by atoms with Gasteiger partial charge >= 0.3 is 0 Å². The number of ketones is 1. The zero-order valence-corrected chi connectivity index (χ0v) is 18.2. The van der Waals surface area contributed by atoms with Crippen molar-refractivity contribution in [3.05, 3.63) is 101 Å². The standard InChI is InChI=1S/C26H24F2N2O3/c1-17-25(23(32)14-19(15-31)13-18-7-3-2-4-8-18)30-12-6-11-24(26(30)29-17)33-16-20-21(27)9-5-10-22(20)28/h2-12,19,31H,13-16H2,1H3/t19-/m0/s1. The number of imidazole rings is 1. The van der Waals surface area contributed by atoms with Crippen LogP contribution in [0.1, 0.15) is 33.7 Å². The Morgan fingerprint density at radius 1 is 1.06 bits per heavy atom. The third kappa shape index (κ3) is 4.93. The first-order chi connectivity index (χ1) is 16.0. The number of pyridine rings is 1. The summed E-state index contributed by atoms with van der Waals surface area (Å²) in [5.74, 6) is -1.44. The summed E-state index contributed by atoms with van der Waals surface area (Å²) in [4.78, 5) is 17.6. The minimum Gasteiger partial charge on any atom is -0.485 e. The lowest BCUT2D eigenvalue weighted by molar-refractivity contribution is 0.0929. The van der Waals surface area contributed by atoms with E-state index in [-0.39, 0.29) is 36.9 Å². The Morgan fingerprint density at radius 3 is 2.48 bits per heavy atom. The predicted molar refractivity (Wildman–Crippen MR) is 120 cm³/mol. The molecule has 0 fully saturated rings. The molecule has 1 atom stereocenters. The molecule has 0 unspecified atom stereocenters. The summed E-state index contributed by atoms with van der Waals surface area (Å²) < 4.78 is 35.2. The van der Waals surface area contributed by atoms with E-state index < -0.39 is 11.6 Å². The van der Waals surface area contributed by atoms with E-state index in [1.807, 2.05) is 30.3 Å². The number of benzene rings is 2. The van der Waals surface area contributed by atoms with Gasteiger partial charge in [0.15, 0.2) is 17.2 Å². The van der Waals surface area contributed by atoms with E-state index in [0.29, 0.717) is 29.2 Å². The number of aliphatic hydroxyl groups excluding tert-OH is 1. The summed E-state index contributed by atoms with van der Waals surface area (Å²) in [6.45, 7) is 1.31. The number of Topliss-reactive ketones (excluding diaryl/α,β-unsaturated/α-hetero) is 1. The predicted octanol–water partition coefficient (Wildman–Crippen LogP) is 4.92. The lowest BCUT2D eigenvalue weighted by atomic mass is 9.94. The number of carbonyl (C=O) groups excluding carboxylic acids is 1. The summed E-state index contributed by atoms with van der Waals surface area (Å²) in [5.41, 5.74) is 2.18. The molecule has 5 nitrogen and oxygen atoms in total. The molecule has 33 heavy (non-hydrogen) atoms. The molecular formula is C26H24F2N2O3. The van der Waals surface area contributed by atoms with Crippen LogP contribution in [-0.4, -0.2) is 26.9 Å². The third-order valence-corrected chi connectivity index (χ3v) is 5.59. The molecule has 0 saturated carbocycles. The quantitative estimate of drug-likeness (QED) is 0.368. The number of nitrogens with zero attached hydrogens (tertiary/aromatic N) is 2. The van der Waals surface area contributed by atoms with Crippen LogP contribution in [0.25, 0.3) is 5.65 Å². The molecule has 0 aliphatic heterocycles. The topological polar surface area (TPSA) is 63.8 Å². The second kappa shape index (κ2) is 9.92. The molecule has 2 aromatic heterocycles. The van der Waals surface area contributed by atoms with Crippen molar-refractivity contribution >= 4 is 11.4 Å². The SMILES string of the molecule is Cc1nc2c(OCc3c(F)cccc3F)cccn2c1C(=O)C[C@@H](CO)Cc1ccccc1. The fourth-order valence-corrected chi connectivity index (χ4v) is 3.93. The molecule has 170 valence electrons. The summed E-state index contributed by atoms with van der Waals surface area (Å²) in [7, 11) is 0. The van der Waals surface area contributed by atoms with Gasteiger partial charge in [-0.2, -0.15) is 0 Å². The zero-order chi connectivity index (χ0) is 23.4. The highest BCUT2D eigenvalue weighted by Crippen LogP contribution is 2.26. The van der Waals surface area contributed by atoms with Crippen LogP contribution >= 0.6 is 0 Å². The molecule has 0 aliphatic rings. The van der Waals surface area contributed by atoms with Crippen molar-refractivity contribution < 1.29 is 23.4 Å². The maximum Gasteiger partial charge on any atom is 0.181 e. The molecule has 0 aliphatic carbocycles. The van der Waals surface area contributed by atoms with Crippen molar-refractivity contribution in [3.8, 4) is 5.75 Å². The normalized spacial score (nSPS) is 12.1. The van der Waals surface area contributed by atoms with Crippen molar-refractivity contribution in [1.82, 2.24) is 9.38 Å². The largest absolute Gasteiger partial charge is 0.485 e. The van der Waals surface area contributed by atoms with E-state index in [9.17, 15) is 18.7 Å². The van der Waals surface area contributed by atoms with E-state index in [1.54, 1.807) is 29.7 Å². The molecule has 2 heterocycles. The number of rotatable bonds is 9. The number of hydrogen-bond acceptors (Lipinski definition) is 4. The third-order valence-electron chi connectivity index (χ3n) is 5.59. The van der Waals surface area contributed by atoms with Gasteiger partial charge in [-0.15, -0.1) is 0 Å². The fourth-order valence-electron chi connectivity index (χ4n) is 3.93. The molecule has 0 amide bonds. The van der Waals surface area contributed by atoms with Gasteiger partial charge in [-0.3, -0.25) is 9.20 Å². The summed E-state index contributed by atoms with van der Waals surface area (Å²) in [6, 6.07) is 16.7. The Kier molecular flexibility index (Phi) is 6.79. The van der Waals surface area contributed by atoms with Crippen LogP contribution in [0.4, 0.5) is 8.78 Å². The molecule has 0 spiro atoms. The number of aryl methyl sites for hydroxylation is 1. The first-order valence-corrected chi connectivity index (χ1v) is 10.7. The Bertz CT molecular complexity index is 1250. The maximum absolute atomic E-state index is 13.9. The molecule has 1 N–H and O–H groups in total. The van der Waals surface area contributed by atoms with Crippen LogP contribution in [0.15, 0.2) is 66.9 Å². The Balaban J connectivity index is 1.56. The van der Waals surface area contributed by atoms with Gasteiger partial charge in [0.2, 0.25) is 0 Å². The number of carbonyl (C=O) groups is 1. The second-order valence-electron chi connectivity index (χ2n) is 7.97. The fraction of sp³-hybridized carbons (Fsp3) is 0.231. The monoisotopic (exact) mass is 450 g/mol. The molecule has 0 radical (unpaired) electrons. The maximum atomic E-state index is 13.9. The van der Waals surface area contributed by atoms with E-state index in [4.69, 9.17) is 4.74 Å². The highest BCUT2D eigenvalue weighted by molar-refractivity contribution is 5.97. The molecule has 0 bridgehead atoms. The molecule has 0 saturated heterocycles. The first-order valence-electron chi connectivity index (χ1n) is 10.7. The van der Waals surface area contributed by atoms with Crippen molar-refractivity contribution in [1.29, 1.82) is 0 Å². The lowest BCUT2D eigenvalue weighted by Crippen LogP contribution is -2.17. The number of aromatic nitrogens is 2. The van der Waals surface area contributed by atoms with Gasteiger partial charge in [0.05, 0.1) is 11.3 Å². The number of aliphatic hydroxyl groups is 1. The smallest absolute Gasteiger partial charge is 0.181 e. The number of ether oxygens (including phenoxy) is 1. The molecule has 4 rings (SSSR count). The van der Waals surface area contributed by atoms with Gasteiger partial charge < -0.3 is 9.84 Å². The van der Waals surface area contributed by atoms with Crippen molar-refractivity contribution in [2.24, 2.45) is 5.92 Å². The minimum absolute atomic E-state index is 0.112. The van der Waals surface area contributed by atoms with Gasteiger partial charge in [0.1, 0.15) is 23.9 Å². The van der Waals surface area contributed by atoms with Crippen molar-refractivity contribution in [3.63, 3.8) is 0 Å². The van der Waals surface area contributed by atoms with Gasteiger partial charge in [-0.05, 0) is 49.1 Å². The Hall–Kier alpha value is -3.58. The van der Waals surface area contributed by atoms with Crippen LogP contribution in [0.3, 0.4) is 0 Å². The van der Waals surface area contributed by atoms with Gasteiger partial charge in [0.25, 0.3) is 0 Å². The van der Waals surface area contributed by atoms with Crippen molar-refractivity contribution in [2.45, 2.75) is 26.4 Å². The summed E-state index contributed by atoms with van der Waals surface area (Å²) >= 11 is 0.